The van der Waals surface area contributed by atoms with Gasteiger partial charge in [0.2, 0.25) is 0 Å². The van der Waals surface area contributed by atoms with Crippen molar-refractivity contribution >= 4 is 11.6 Å². The van der Waals surface area contributed by atoms with Gasteiger partial charge in [-0.1, -0.05) is 0 Å². The Morgan fingerprint density at radius 2 is 2.41 bits per heavy atom. The lowest BCUT2D eigenvalue weighted by molar-refractivity contribution is -0.167. The highest BCUT2D eigenvalue weighted by Crippen LogP contribution is 2.19. The van der Waals surface area contributed by atoms with Gasteiger partial charge in [0.15, 0.2) is 6.29 Å². The summed E-state index contributed by atoms with van der Waals surface area (Å²) < 4.78 is 11.0. The molecule has 1 saturated heterocycles. The number of halogens is 1. The molecule has 1 unspecified atom stereocenters. The molecule has 1 aliphatic heterocycles. The van der Waals surface area contributed by atoms with E-state index in [1.165, 1.54) is 6.20 Å². The molecule has 0 bridgehead atoms. The predicted octanol–water partition coefficient (Wildman–Crippen LogP) is 2.21. The fourth-order valence-corrected chi connectivity index (χ4v) is 1.84. The minimum atomic E-state index is -0.198. The van der Waals surface area contributed by atoms with Crippen LogP contribution in [-0.4, -0.2) is 23.3 Å². The molecule has 5 heteroatoms. The van der Waals surface area contributed by atoms with Crippen LogP contribution in [-0.2, 0) is 16.1 Å². The van der Waals surface area contributed by atoms with E-state index in [1.54, 1.807) is 12.3 Å². The minimum absolute atomic E-state index is 0.0958. The predicted molar refractivity (Wildman–Crippen MR) is 62.4 cm³/mol. The van der Waals surface area contributed by atoms with Crippen molar-refractivity contribution < 1.29 is 9.47 Å². The molecule has 0 amide bonds. The van der Waals surface area contributed by atoms with Gasteiger partial charge in [0, 0.05) is 12.4 Å². The number of nitrogens with zero attached hydrogens (tertiary/aromatic N) is 2. The first kappa shape index (κ1) is 12.3. The Kier molecular flexibility index (Phi) is 4.32. The zero-order valence-corrected chi connectivity index (χ0v) is 10.1. The van der Waals surface area contributed by atoms with Gasteiger partial charge in [0.1, 0.15) is 6.07 Å². The molecular weight excluding hydrogens is 240 g/mol. The van der Waals surface area contributed by atoms with Crippen molar-refractivity contribution in [2.45, 2.75) is 31.1 Å². The second kappa shape index (κ2) is 5.97. The second-order valence-corrected chi connectivity index (χ2v) is 4.56. The fraction of sp³-hybridized carbons (Fsp3) is 0.500. The Morgan fingerprint density at radius 1 is 1.53 bits per heavy atom. The molecule has 2 rings (SSSR count). The molecule has 1 fully saturated rings. The second-order valence-electron chi connectivity index (χ2n) is 3.94. The summed E-state index contributed by atoms with van der Waals surface area (Å²) in [5.74, 6) is 0. The van der Waals surface area contributed by atoms with E-state index < -0.39 is 0 Å². The van der Waals surface area contributed by atoms with Gasteiger partial charge in [-0.2, -0.15) is 5.26 Å². The van der Waals surface area contributed by atoms with E-state index in [9.17, 15) is 0 Å². The highest BCUT2D eigenvalue weighted by Gasteiger charge is 2.20. The first-order valence-electron chi connectivity index (χ1n) is 5.49. The molecule has 0 aromatic carbocycles. The van der Waals surface area contributed by atoms with Gasteiger partial charge in [0.25, 0.3) is 0 Å². The summed E-state index contributed by atoms with van der Waals surface area (Å²) in [7, 11) is 0. The Labute approximate surface area is 105 Å². The highest BCUT2D eigenvalue weighted by molar-refractivity contribution is 6.20. The van der Waals surface area contributed by atoms with E-state index in [0.717, 1.165) is 18.4 Å². The summed E-state index contributed by atoms with van der Waals surface area (Å²) in [5.41, 5.74) is 1.41. The number of aromatic nitrogens is 1. The summed E-state index contributed by atoms with van der Waals surface area (Å²) in [6, 6.07) is 3.81. The van der Waals surface area contributed by atoms with Gasteiger partial charge < -0.3 is 9.47 Å². The maximum atomic E-state index is 8.74. The summed E-state index contributed by atoms with van der Waals surface area (Å²) in [6.07, 6.45) is 4.73. The molecule has 0 radical (unpaired) electrons. The van der Waals surface area contributed by atoms with Gasteiger partial charge in [-0.25, -0.2) is 0 Å². The van der Waals surface area contributed by atoms with E-state index in [0.29, 0.717) is 18.8 Å². The average molecular weight is 253 g/mol. The van der Waals surface area contributed by atoms with Crippen LogP contribution in [0.2, 0.25) is 0 Å². The van der Waals surface area contributed by atoms with Crippen LogP contribution in [0.3, 0.4) is 0 Å². The smallest absolute Gasteiger partial charge is 0.158 e. The van der Waals surface area contributed by atoms with Crippen LogP contribution in [0, 0.1) is 11.3 Å². The average Bonchev–Trinajstić information content (AvgIpc) is 2.38. The molecule has 4 nitrogen and oxygen atoms in total. The van der Waals surface area contributed by atoms with Crippen LogP contribution in [0.1, 0.15) is 24.0 Å². The Morgan fingerprint density at radius 3 is 3.12 bits per heavy atom. The lowest BCUT2D eigenvalue weighted by atomic mass is 10.2. The van der Waals surface area contributed by atoms with Crippen molar-refractivity contribution in [1.29, 1.82) is 5.26 Å². The fourth-order valence-electron chi connectivity index (χ4n) is 1.64. The molecule has 2 atom stereocenters. The van der Waals surface area contributed by atoms with Crippen molar-refractivity contribution in [3.05, 3.63) is 29.6 Å². The monoisotopic (exact) mass is 252 g/mol. The number of alkyl halides is 1. The lowest BCUT2D eigenvalue weighted by Gasteiger charge is -2.25. The van der Waals surface area contributed by atoms with Crippen LogP contribution < -0.4 is 0 Å². The molecule has 0 saturated carbocycles. The van der Waals surface area contributed by atoms with E-state index in [1.807, 2.05) is 6.07 Å². The third-order valence-electron chi connectivity index (χ3n) is 2.54. The molecule has 0 N–H and O–H groups in total. The van der Waals surface area contributed by atoms with E-state index in [4.69, 9.17) is 26.3 Å². The van der Waals surface area contributed by atoms with Gasteiger partial charge >= 0.3 is 0 Å². The number of hydrogen-bond donors (Lipinski definition) is 0. The van der Waals surface area contributed by atoms with Crippen LogP contribution in [0.15, 0.2) is 18.5 Å². The largest absolute Gasteiger partial charge is 0.351 e. The summed E-state index contributed by atoms with van der Waals surface area (Å²) >= 11 is 5.91. The topological polar surface area (TPSA) is 55.1 Å². The zero-order chi connectivity index (χ0) is 12.1. The minimum Gasteiger partial charge on any atom is -0.351 e. The molecule has 2 heterocycles. The van der Waals surface area contributed by atoms with Gasteiger partial charge in [-0.3, -0.25) is 4.98 Å². The SMILES string of the molecule is N#Cc1cncc(CO[C@@H]2CCC(Cl)CO2)c1. The molecule has 90 valence electrons. The number of nitriles is 1. The molecule has 17 heavy (non-hydrogen) atoms. The Balaban J connectivity index is 1.83. The Bertz CT molecular complexity index is 411. The Hall–Kier alpha value is -1.15. The summed E-state index contributed by atoms with van der Waals surface area (Å²) in [5, 5.41) is 8.83. The van der Waals surface area contributed by atoms with Gasteiger partial charge in [-0.05, 0) is 24.5 Å². The van der Waals surface area contributed by atoms with Gasteiger partial charge in [0.05, 0.1) is 24.2 Å². The number of pyridine rings is 1. The van der Waals surface area contributed by atoms with Crippen molar-refractivity contribution in [2.24, 2.45) is 0 Å². The van der Waals surface area contributed by atoms with Crippen molar-refractivity contribution in [2.75, 3.05) is 6.61 Å². The molecule has 0 spiro atoms. The molecular formula is C12H13ClN2O2. The van der Waals surface area contributed by atoms with E-state index in [2.05, 4.69) is 4.98 Å². The summed E-state index contributed by atoms with van der Waals surface area (Å²) in [6.45, 7) is 0.933. The first-order chi connectivity index (χ1) is 8.28. The number of ether oxygens (including phenoxy) is 2. The van der Waals surface area contributed by atoms with Crippen LogP contribution in [0.4, 0.5) is 0 Å². The van der Waals surface area contributed by atoms with Crippen molar-refractivity contribution in [3.63, 3.8) is 0 Å². The zero-order valence-electron chi connectivity index (χ0n) is 9.30. The maximum absolute atomic E-state index is 8.74. The van der Waals surface area contributed by atoms with Crippen LogP contribution >= 0.6 is 11.6 Å². The van der Waals surface area contributed by atoms with E-state index >= 15 is 0 Å². The molecule has 1 aromatic rings. The quantitative estimate of drug-likeness (QED) is 0.774. The standard InChI is InChI=1S/C12H13ClN2O2/c13-11-1-2-12(17-8-11)16-7-10-3-9(4-14)5-15-6-10/h3,5-6,11-12H,1-2,7-8H2/t11?,12-/m0/s1. The van der Waals surface area contributed by atoms with E-state index in [-0.39, 0.29) is 11.7 Å². The third-order valence-corrected chi connectivity index (χ3v) is 2.88. The highest BCUT2D eigenvalue weighted by atomic mass is 35.5. The van der Waals surface area contributed by atoms with Crippen LogP contribution in [0.5, 0.6) is 0 Å². The van der Waals surface area contributed by atoms with Crippen molar-refractivity contribution in [3.8, 4) is 6.07 Å². The normalized spacial score (nSPS) is 24.2. The van der Waals surface area contributed by atoms with Crippen molar-refractivity contribution in [1.82, 2.24) is 4.98 Å². The van der Waals surface area contributed by atoms with Gasteiger partial charge in [-0.15, -0.1) is 11.6 Å². The molecule has 1 aliphatic rings. The number of rotatable bonds is 3. The summed E-state index contributed by atoms with van der Waals surface area (Å²) in [4.78, 5) is 3.97. The molecule has 0 aliphatic carbocycles. The lowest BCUT2D eigenvalue weighted by Crippen LogP contribution is -2.28. The van der Waals surface area contributed by atoms with Crippen LogP contribution in [0.25, 0.3) is 0 Å². The maximum Gasteiger partial charge on any atom is 0.158 e. The molecule has 1 aromatic heterocycles. The third kappa shape index (κ3) is 3.67. The first-order valence-corrected chi connectivity index (χ1v) is 5.93. The number of hydrogen-bond acceptors (Lipinski definition) is 4.